The van der Waals surface area contributed by atoms with Crippen LogP contribution >= 0.6 is 0 Å². The van der Waals surface area contributed by atoms with Gasteiger partial charge in [0.15, 0.2) is 0 Å². The van der Waals surface area contributed by atoms with Crippen molar-refractivity contribution in [2.45, 2.75) is 27.3 Å². The van der Waals surface area contributed by atoms with E-state index in [4.69, 9.17) is 5.73 Å². The lowest BCUT2D eigenvalue weighted by molar-refractivity contribution is 0.895. The molecule has 16 heavy (non-hydrogen) atoms. The van der Waals surface area contributed by atoms with Crippen LogP contribution in [0.5, 0.6) is 0 Å². The second-order valence-electron chi connectivity index (χ2n) is 3.92. The molecule has 2 N–H and O–H groups in total. The summed E-state index contributed by atoms with van der Waals surface area (Å²) in [5.41, 5.74) is 9.86. The van der Waals surface area contributed by atoms with E-state index in [-0.39, 0.29) is 0 Å². The Morgan fingerprint density at radius 2 is 2.00 bits per heavy atom. The average Bonchev–Trinajstić information content (AvgIpc) is 2.60. The van der Waals surface area contributed by atoms with Crippen LogP contribution in [0.3, 0.4) is 0 Å². The number of hydrogen-bond acceptors (Lipinski definition) is 3. The fourth-order valence-corrected chi connectivity index (χ4v) is 1.65. The summed E-state index contributed by atoms with van der Waals surface area (Å²) in [7, 11) is 0. The monoisotopic (exact) mass is 216 g/mol. The van der Waals surface area contributed by atoms with E-state index >= 15 is 0 Å². The number of hydrogen-bond donors (Lipinski definition) is 1. The van der Waals surface area contributed by atoms with Crippen molar-refractivity contribution in [1.29, 1.82) is 0 Å². The lowest BCUT2D eigenvalue weighted by Gasteiger charge is -2.10. The number of rotatable bonds is 2. The fourth-order valence-electron chi connectivity index (χ4n) is 1.65. The van der Waals surface area contributed by atoms with Crippen molar-refractivity contribution in [3.63, 3.8) is 0 Å². The second-order valence-corrected chi connectivity index (χ2v) is 3.92. The Labute approximate surface area is 95.1 Å². The van der Waals surface area contributed by atoms with Crippen LogP contribution in [0.2, 0.25) is 0 Å². The number of nitrogens with two attached hydrogens (primary N) is 1. The van der Waals surface area contributed by atoms with Gasteiger partial charge in [0.05, 0.1) is 5.69 Å². The second kappa shape index (κ2) is 4.06. The van der Waals surface area contributed by atoms with Gasteiger partial charge in [-0.2, -0.15) is 0 Å². The summed E-state index contributed by atoms with van der Waals surface area (Å²) < 4.78 is 1.99. The third kappa shape index (κ3) is 1.72. The first kappa shape index (κ1) is 10.8. The largest absolute Gasteiger partial charge is 0.326 e. The zero-order valence-electron chi connectivity index (χ0n) is 9.86. The molecule has 0 unspecified atom stereocenters. The molecule has 0 aliphatic heterocycles. The van der Waals surface area contributed by atoms with Gasteiger partial charge in [-0.05, 0) is 26.8 Å². The molecule has 0 bridgehead atoms. The predicted molar refractivity (Wildman–Crippen MR) is 63.5 cm³/mol. The van der Waals surface area contributed by atoms with Crippen LogP contribution in [0, 0.1) is 20.8 Å². The Morgan fingerprint density at radius 3 is 2.56 bits per heavy atom. The molecular formula is C12H16N4. The van der Waals surface area contributed by atoms with Crippen LogP contribution < -0.4 is 5.73 Å². The zero-order valence-corrected chi connectivity index (χ0v) is 9.86. The third-order valence-corrected chi connectivity index (χ3v) is 2.80. The molecule has 0 saturated carbocycles. The number of nitrogens with zero attached hydrogens (tertiary/aromatic N) is 3. The SMILES string of the molecule is Cc1ccc(CN)c(-n2cnc(C)c2C)n1. The van der Waals surface area contributed by atoms with Crippen molar-refractivity contribution in [1.82, 2.24) is 14.5 Å². The van der Waals surface area contributed by atoms with Gasteiger partial charge in [-0.25, -0.2) is 9.97 Å². The topological polar surface area (TPSA) is 56.7 Å². The van der Waals surface area contributed by atoms with Crippen molar-refractivity contribution < 1.29 is 0 Å². The minimum atomic E-state index is 0.485. The Morgan fingerprint density at radius 1 is 1.25 bits per heavy atom. The number of imidazole rings is 1. The smallest absolute Gasteiger partial charge is 0.142 e. The number of pyridine rings is 1. The van der Waals surface area contributed by atoms with E-state index in [9.17, 15) is 0 Å². The van der Waals surface area contributed by atoms with Crippen LogP contribution in [0.1, 0.15) is 22.6 Å². The van der Waals surface area contributed by atoms with E-state index in [1.165, 1.54) is 0 Å². The Bertz CT molecular complexity index is 514. The molecule has 84 valence electrons. The van der Waals surface area contributed by atoms with Gasteiger partial charge in [-0.1, -0.05) is 6.07 Å². The molecule has 2 aromatic heterocycles. The number of aromatic nitrogens is 3. The standard InChI is InChI=1S/C12H16N4/c1-8-4-5-11(6-13)12(15-8)16-7-14-9(2)10(16)3/h4-5,7H,6,13H2,1-3H3. The van der Waals surface area contributed by atoms with Gasteiger partial charge in [-0.3, -0.25) is 4.57 Å². The Kier molecular flexibility index (Phi) is 2.75. The van der Waals surface area contributed by atoms with Crippen LogP contribution in [0.25, 0.3) is 5.82 Å². The lowest BCUT2D eigenvalue weighted by Crippen LogP contribution is -2.08. The van der Waals surface area contributed by atoms with Crippen molar-refractivity contribution in [2.75, 3.05) is 0 Å². The maximum Gasteiger partial charge on any atom is 0.142 e. The third-order valence-electron chi connectivity index (χ3n) is 2.80. The molecule has 0 aromatic carbocycles. The highest BCUT2D eigenvalue weighted by atomic mass is 15.1. The minimum absolute atomic E-state index is 0.485. The molecule has 2 heterocycles. The minimum Gasteiger partial charge on any atom is -0.326 e. The van der Waals surface area contributed by atoms with Crippen LogP contribution in [-0.2, 0) is 6.54 Å². The van der Waals surface area contributed by atoms with Gasteiger partial charge in [0.2, 0.25) is 0 Å². The average molecular weight is 216 g/mol. The maximum atomic E-state index is 5.72. The van der Waals surface area contributed by atoms with E-state index in [1.807, 2.05) is 37.5 Å². The van der Waals surface area contributed by atoms with Crippen molar-refractivity contribution in [3.8, 4) is 5.82 Å². The molecule has 4 nitrogen and oxygen atoms in total. The lowest BCUT2D eigenvalue weighted by atomic mass is 10.2. The molecule has 0 aliphatic rings. The summed E-state index contributed by atoms with van der Waals surface area (Å²) in [5.74, 6) is 0.889. The van der Waals surface area contributed by atoms with E-state index in [0.29, 0.717) is 6.54 Å². The zero-order chi connectivity index (χ0) is 11.7. The van der Waals surface area contributed by atoms with Crippen molar-refractivity contribution >= 4 is 0 Å². The first-order valence-corrected chi connectivity index (χ1v) is 5.31. The van der Waals surface area contributed by atoms with E-state index in [2.05, 4.69) is 9.97 Å². The van der Waals surface area contributed by atoms with Gasteiger partial charge in [0, 0.05) is 23.5 Å². The predicted octanol–water partition coefficient (Wildman–Crippen LogP) is 1.65. The molecule has 0 fully saturated rings. The Balaban J connectivity index is 2.62. The summed E-state index contributed by atoms with van der Waals surface area (Å²) in [6.07, 6.45) is 1.80. The van der Waals surface area contributed by atoms with E-state index in [1.54, 1.807) is 6.33 Å². The molecule has 0 radical (unpaired) electrons. The van der Waals surface area contributed by atoms with E-state index < -0.39 is 0 Å². The van der Waals surface area contributed by atoms with Gasteiger partial charge < -0.3 is 5.73 Å². The highest BCUT2D eigenvalue weighted by Crippen LogP contribution is 2.16. The molecule has 2 rings (SSSR count). The first-order valence-electron chi connectivity index (χ1n) is 5.31. The van der Waals surface area contributed by atoms with Gasteiger partial charge >= 0.3 is 0 Å². The van der Waals surface area contributed by atoms with Crippen LogP contribution in [0.4, 0.5) is 0 Å². The highest BCUT2D eigenvalue weighted by molar-refractivity contribution is 5.37. The molecule has 0 spiro atoms. The van der Waals surface area contributed by atoms with Crippen LogP contribution in [-0.4, -0.2) is 14.5 Å². The molecule has 0 atom stereocenters. The molecule has 4 heteroatoms. The molecule has 2 aromatic rings. The maximum absolute atomic E-state index is 5.72. The Hall–Kier alpha value is -1.68. The van der Waals surface area contributed by atoms with Gasteiger partial charge in [-0.15, -0.1) is 0 Å². The molecule has 0 saturated heterocycles. The van der Waals surface area contributed by atoms with Gasteiger partial charge in [0.25, 0.3) is 0 Å². The van der Waals surface area contributed by atoms with Crippen molar-refractivity contribution in [3.05, 3.63) is 41.1 Å². The first-order chi connectivity index (χ1) is 7.63. The summed E-state index contributed by atoms with van der Waals surface area (Å²) in [5, 5.41) is 0. The summed E-state index contributed by atoms with van der Waals surface area (Å²) >= 11 is 0. The molecule has 0 amide bonds. The number of aryl methyl sites for hydroxylation is 2. The van der Waals surface area contributed by atoms with Crippen LogP contribution in [0.15, 0.2) is 18.5 Å². The highest BCUT2D eigenvalue weighted by Gasteiger charge is 2.09. The molecular weight excluding hydrogens is 200 g/mol. The summed E-state index contributed by atoms with van der Waals surface area (Å²) in [6.45, 7) is 6.48. The van der Waals surface area contributed by atoms with Crippen molar-refractivity contribution in [2.24, 2.45) is 5.73 Å². The fraction of sp³-hybridized carbons (Fsp3) is 0.333. The molecule has 0 aliphatic carbocycles. The summed E-state index contributed by atoms with van der Waals surface area (Å²) in [4.78, 5) is 8.81. The van der Waals surface area contributed by atoms with E-state index in [0.717, 1.165) is 28.5 Å². The summed E-state index contributed by atoms with van der Waals surface area (Å²) in [6, 6.07) is 4.00. The quantitative estimate of drug-likeness (QED) is 0.830. The normalized spacial score (nSPS) is 10.8. The van der Waals surface area contributed by atoms with Gasteiger partial charge in [0.1, 0.15) is 12.1 Å².